The van der Waals surface area contributed by atoms with Gasteiger partial charge in [0.2, 0.25) is 0 Å². The molecule has 0 radical (unpaired) electrons. The Labute approximate surface area is 193 Å². The number of hydrogen-bond acceptors (Lipinski definition) is 4. The Bertz CT molecular complexity index is 970. The summed E-state index contributed by atoms with van der Waals surface area (Å²) in [6.45, 7) is 4.28. The lowest BCUT2D eigenvalue weighted by Gasteiger charge is -2.27. The molecule has 0 unspecified atom stereocenters. The second-order valence-electron chi connectivity index (χ2n) is 8.08. The van der Waals surface area contributed by atoms with Gasteiger partial charge in [0.1, 0.15) is 6.54 Å². The number of aromatic nitrogens is 1. The summed E-state index contributed by atoms with van der Waals surface area (Å²) < 4.78 is 7.10. The molecule has 1 aliphatic rings. The smallest absolute Gasteiger partial charge is 0.318 e. The van der Waals surface area contributed by atoms with Gasteiger partial charge in [-0.25, -0.2) is 9.80 Å². The number of carbonyl (C=O) groups excluding carboxylic acids is 2. The molecule has 0 bridgehead atoms. The number of ether oxygens (including phenoxy) is 1. The number of urea groups is 1. The maximum atomic E-state index is 13.4. The van der Waals surface area contributed by atoms with Crippen LogP contribution in [0.15, 0.2) is 47.7 Å². The van der Waals surface area contributed by atoms with Crippen LogP contribution in [0.1, 0.15) is 37.6 Å². The number of benzene rings is 1. The Balaban J connectivity index is 1.87. The summed E-state index contributed by atoms with van der Waals surface area (Å²) in [5.41, 5.74) is 2.71. The molecule has 0 fully saturated rings. The molecule has 0 aliphatic carbocycles. The third-order valence-corrected chi connectivity index (χ3v) is 5.50. The van der Waals surface area contributed by atoms with Gasteiger partial charge in [0.15, 0.2) is 0 Å². The Morgan fingerprint density at radius 3 is 2.59 bits per heavy atom. The van der Waals surface area contributed by atoms with Gasteiger partial charge in [0, 0.05) is 44.4 Å². The van der Waals surface area contributed by atoms with Crippen LogP contribution in [0, 0.1) is 0 Å². The Morgan fingerprint density at radius 1 is 1.28 bits per heavy atom. The van der Waals surface area contributed by atoms with E-state index in [0.29, 0.717) is 24.6 Å². The minimum Gasteiger partial charge on any atom is -0.383 e. The molecule has 3 rings (SSSR count). The van der Waals surface area contributed by atoms with Crippen molar-refractivity contribution in [2.75, 3.05) is 26.8 Å². The van der Waals surface area contributed by atoms with Crippen LogP contribution in [0.25, 0.3) is 0 Å². The van der Waals surface area contributed by atoms with Crippen molar-refractivity contribution in [3.8, 4) is 0 Å². The number of nitrogens with one attached hydrogen (secondary N) is 1. The van der Waals surface area contributed by atoms with Crippen molar-refractivity contribution in [2.45, 2.75) is 32.4 Å². The second-order valence-corrected chi connectivity index (χ2v) is 8.52. The van der Waals surface area contributed by atoms with Crippen LogP contribution in [-0.4, -0.2) is 65.0 Å². The number of aryl methyl sites for hydroxylation is 1. The van der Waals surface area contributed by atoms with E-state index in [1.165, 1.54) is 9.91 Å². The van der Waals surface area contributed by atoms with Gasteiger partial charge in [-0.3, -0.25) is 4.79 Å². The fourth-order valence-electron chi connectivity index (χ4n) is 3.63. The van der Waals surface area contributed by atoms with Crippen LogP contribution in [-0.2, 0) is 16.6 Å². The van der Waals surface area contributed by atoms with Gasteiger partial charge in [-0.2, -0.15) is 5.10 Å². The van der Waals surface area contributed by atoms with E-state index in [2.05, 4.69) is 10.4 Å². The first kappa shape index (κ1) is 23.8. The fourth-order valence-corrected chi connectivity index (χ4v) is 3.75. The van der Waals surface area contributed by atoms with Gasteiger partial charge >= 0.3 is 6.03 Å². The van der Waals surface area contributed by atoms with E-state index in [4.69, 9.17) is 16.3 Å². The Hall–Kier alpha value is -2.84. The Kier molecular flexibility index (Phi) is 7.93. The second kappa shape index (κ2) is 10.7. The number of carbonyl (C=O) groups is 2. The fraction of sp³-hybridized carbons (Fsp3) is 0.435. The van der Waals surface area contributed by atoms with E-state index in [1.807, 2.05) is 55.9 Å². The van der Waals surface area contributed by atoms with Crippen molar-refractivity contribution < 1.29 is 14.3 Å². The molecule has 2 heterocycles. The molecule has 32 heavy (non-hydrogen) atoms. The van der Waals surface area contributed by atoms with Crippen LogP contribution < -0.4 is 5.32 Å². The average molecular weight is 460 g/mol. The topological polar surface area (TPSA) is 79.2 Å². The maximum Gasteiger partial charge on any atom is 0.318 e. The standard InChI is InChI=1S/C23H30ClN5O3/c1-16(2)25-23(31)28(12-13-32-4)15-22(30)29-21(17-7-9-18(24)10-8-17)14-19(26-29)20-6-5-11-27(20)3/h5-11,16,21H,12-15H2,1-4H3,(H,25,31)/t21-/m0/s1. The minimum absolute atomic E-state index is 0.0433. The third kappa shape index (κ3) is 5.69. The van der Waals surface area contributed by atoms with Crippen molar-refractivity contribution in [2.24, 2.45) is 12.1 Å². The van der Waals surface area contributed by atoms with Crippen LogP contribution in [0.4, 0.5) is 4.79 Å². The quantitative estimate of drug-likeness (QED) is 0.656. The first-order valence-electron chi connectivity index (χ1n) is 10.6. The summed E-state index contributed by atoms with van der Waals surface area (Å²) in [5.74, 6) is -0.260. The van der Waals surface area contributed by atoms with Crippen LogP contribution in [0.5, 0.6) is 0 Å². The number of hydrogen-bond donors (Lipinski definition) is 1. The summed E-state index contributed by atoms with van der Waals surface area (Å²) >= 11 is 6.07. The number of nitrogens with zero attached hydrogens (tertiary/aromatic N) is 4. The van der Waals surface area contributed by atoms with Crippen LogP contribution in [0.2, 0.25) is 5.02 Å². The third-order valence-electron chi connectivity index (χ3n) is 5.25. The molecule has 1 N–H and O–H groups in total. The molecule has 3 amide bonds. The SMILES string of the molecule is COCCN(CC(=O)N1N=C(c2cccn2C)C[C@H]1c1ccc(Cl)cc1)C(=O)NC(C)C. The van der Waals surface area contributed by atoms with Gasteiger partial charge in [0.05, 0.1) is 24.1 Å². The first-order chi connectivity index (χ1) is 15.3. The highest BCUT2D eigenvalue weighted by molar-refractivity contribution is 6.30. The summed E-state index contributed by atoms with van der Waals surface area (Å²) in [6, 6.07) is 10.7. The van der Waals surface area contributed by atoms with E-state index in [9.17, 15) is 9.59 Å². The summed E-state index contributed by atoms with van der Waals surface area (Å²) in [7, 11) is 3.51. The van der Waals surface area contributed by atoms with Crippen molar-refractivity contribution in [3.63, 3.8) is 0 Å². The van der Waals surface area contributed by atoms with E-state index in [-0.39, 0.29) is 30.6 Å². The first-order valence-corrected chi connectivity index (χ1v) is 11.0. The minimum atomic E-state index is -0.306. The van der Waals surface area contributed by atoms with Crippen molar-refractivity contribution in [1.29, 1.82) is 0 Å². The molecule has 0 saturated heterocycles. The molecule has 1 aliphatic heterocycles. The lowest BCUT2D eigenvalue weighted by Crippen LogP contribution is -2.48. The monoisotopic (exact) mass is 459 g/mol. The van der Waals surface area contributed by atoms with Gasteiger partial charge in [-0.05, 0) is 43.7 Å². The van der Waals surface area contributed by atoms with Crippen LogP contribution >= 0.6 is 11.6 Å². The van der Waals surface area contributed by atoms with E-state index in [0.717, 1.165) is 17.0 Å². The molecular weight excluding hydrogens is 430 g/mol. The number of methoxy groups -OCH3 is 1. The predicted molar refractivity (Wildman–Crippen MR) is 125 cm³/mol. The number of amides is 3. The van der Waals surface area contributed by atoms with Crippen molar-refractivity contribution >= 4 is 29.3 Å². The molecule has 1 atom stereocenters. The summed E-state index contributed by atoms with van der Waals surface area (Å²) in [6.07, 6.45) is 2.52. The van der Waals surface area contributed by atoms with Crippen molar-refractivity contribution in [1.82, 2.24) is 19.8 Å². The lowest BCUT2D eigenvalue weighted by atomic mass is 10.0. The van der Waals surface area contributed by atoms with Gasteiger partial charge < -0.3 is 19.5 Å². The predicted octanol–water partition coefficient (Wildman–Crippen LogP) is 3.42. The zero-order chi connectivity index (χ0) is 23.3. The normalized spacial score (nSPS) is 15.8. The maximum absolute atomic E-state index is 13.4. The van der Waals surface area contributed by atoms with E-state index >= 15 is 0 Å². The molecule has 9 heteroatoms. The van der Waals surface area contributed by atoms with Gasteiger partial charge in [0.25, 0.3) is 5.91 Å². The Morgan fingerprint density at radius 2 is 2.00 bits per heavy atom. The number of halogens is 1. The highest BCUT2D eigenvalue weighted by Gasteiger charge is 2.35. The van der Waals surface area contributed by atoms with E-state index in [1.54, 1.807) is 19.2 Å². The molecular formula is C23H30ClN5O3. The van der Waals surface area contributed by atoms with Gasteiger partial charge in [-0.15, -0.1) is 0 Å². The average Bonchev–Trinajstić information content (AvgIpc) is 3.37. The molecule has 172 valence electrons. The molecule has 0 saturated carbocycles. The molecule has 8 nitrogen and oxygen atoms in total. The number of hydrazone groups is 1. The zero-order valence-electron chi connectivity index (χ0n) is 18.9. The molecule has 0 spiro atoms. The van der Waals surface area contributed by atoms with E-state index < -0.39 is 0 Å². The lowest BCUT2D eigenvalue weighted by molar-refractivity contribution is -0.133. The summed E-state index contributed by atoms with van der Waals surface area (Å²) in [4.78, 5) is 27.5. The molecule has 2 aromatic rings. The number of rotatable bonds is 8. The highest BCUT2D eigenvalue weighted by atomic mass is 35.5. The molecule has 1 aromatic carbocycles. The van der Waals surface area contributed by atoms with Gasteiger partial charge in [-0.1, -0.05) is 23.7 Å². The summed E-state index contributed by atoms with van der Waals surface area (Å²) in [5, 5.41) is 9.65. The van der Waals surface area contributed by atoms with Crippen molar-refractivity contribution in [3.05, 3.63) is 58.9 Å². The highest BCUT2D eigenvalue weighted by Crippen LogP contribution is 2.33. The zero-order valence-corrected chi connectivity index (χ0v) is 19.7. The van der Waals surface area contributed by atoms with Crippen LogP contribution in [0.3, 0.4) is 0 Å². The largest absolute Gasteiger partial charge is 0.383 e. The molecule has 1 aromatic heterocycles.